The molecule has 5 rings (SSSR count). The number of allylic oxidation sites excluding steroid dienone is 5. The molecule has 3 nitrogen and oxygen atoms in total. The number of benzene rings is 2. The van der Waals surface area contributed by atoms with Gasteiger partial charge in [0.15, 0.2) is 0 Å². The van der Waals surface area contributed by atoms with Crippen LogP contribution in [0.1, 0.15) is 12.5 Å². The van der Waals surface area contributed by atoms with Crippen molar-refractivity contribution >= 4 is 43.7 Å². The standard InChI is InChI=1S/C25H18N2O/c1-3-4-5-8-16(2)17-11-12-22-21(15-17)19-13-14-26-23-18-9-6-7-10-20(18)25(28)27(22)24(19)23/h3-15H,1H2,2H3/b5-4-,16-8+. The van der Waals surface area contributed by atoms with E-state index in [2.05, 4.69) is 36.7 Å². The van der Waals surface area contributed by atoms with Crippen molar-refractivity contribution in [1.82, 2.24) is 9.38 Å². The van der Waals surface area contributed by atoms with Crippen LogP contribution in [0.5, 0.6) is 0 Å². The molecule has 0 spiro atoms. The third kappa shape index (κ3) is 2.23. The van der Waals surface area contributed by atoms with Crippen LogP contribution in [0.3, 0.4) is 0 Å². The minimum Gasteiger partial charge on any atom is -0.273 e. The summed E-state index contributed by atoms with van der Waals surface area (Å²) in [6, 6.07) is 16.0. The molecule has 3 heterocycles. The Labute approximate surface area is 161 Å². The minimum atomic E-state index is 0.00466. The van der Waals surface area contributed by atoms with Gasteiger partial charge in [0.1, 0.15) is 0 Å². The van der Waals surface area contributed by atoms with Crippen LogP contribution in [-0.4, -0.2) is 9.38 Å². The Hall–Kier alpha value is -3.72. The highest BCUT2D eigenvalue weighted by Crippen LogP contribution is 2.34. The Kier molecular flexibility index (Phi) is 3.63. The molecule has 0 amide bonds. The van der Waals surface area contributed by atoms with Crippen LogP contribution in [0, 0.1) is 0 Å². The maximum atomic E-state index is 13.3. The predicted molar refractivity (Wildman–Crippen MR) is 118 cm³/mol. The summed E-state index contributed by atoms with van der Waals surface area (Å²) in [5.41, 5.74) is 4.97. The van der Waals surface area contributed by atoms with Gasteiger partial charge in [-0.15, -0.1) is 0 Å². The lowest BCUT2D eigenvalue weighted by Gasteiger charge is -2.04. The lowest BCUT2D eigenvalue weighted by molar-refractivity contribution is 1.20. The number of aromatic nitrogens is 2. The summed E-state index contributed by atoms with van der Waals surface area (Å²) in [5.74, 6) is 0. The SMILES string of the molecule is C=C/C=C\C=C(/C)c1ccc2c(c1)c1ccnc3c4ccccc4c(=O)n2c13. The fourth-order valence-electron chi connectivity index (χ4n) is 3.99. The number of pyridine rings is 2. The molecule has 0 saturated carbocycles. The first-order valence-electron chi connectivity index (χ1n) is 9.24. The van der Waals surface area contributed by atoms with Crippen LogP contribution < -0.4 is 5.56 Å². The quantitative estimate of drug-likeness (QED) is 0.303. The zero-order valence-corrected chi connectivity index (χ0v) is 15.5. The molecule has 0 aliphatic heterocycles. The molecular weight excluding hydrogens is 344 g/mol. The van der Waals surface area contributed by atoms with Crippen LogP contribution in [-0.2, 0) is 0 Å². The van der Waals surface area contributed by atoms with E-state index in [1.807, 2.05) is 59.1 Å². The third-order valence-electron chi connectivity index (χ3n) is 5.34. The lowest BCUT2D eigenvalue weighted by atomic mass is 10.0. The second-order valence-electron chi connectivity index (χ2n) is 6.94. The molecule has 0 N–H and O–H groups in total. The molecule has 0 radical (unpaired) electrons. The number of hydrogen-bond donors (Lipinski definition) is 0. The van der Waals surface area contributed by atoms with Gasteiger partial charge in [0.05, 0.1) is 16.6 Å². The van der Waals surface area contributed by atoms with Crippen molar-refractivity contribution in [2.24, 2.45) is 0 Å². The summed E-state index contributed by atoms with van der Waals surface area (Å²) in [7, 11) is 0. The molecule has 0 saturated heterocycles. The Morgan fingerprint density at radius 3 is 2.64 bits per heavy atom. The Balaban J connectivity index is 1.93. The Morgan fingerprint density at radius 1 is 1.00 bits per heavy atom. The van der Waals surface area contributed by atoms with Gasteiger partial charge < -0.3 is 0 Å². The van der Waals surface area contributed by atoms with Crippen LogP contribution in [0.15, 0.2) is 90.4 Å². The average molecular weight is 362 g/mol. The summed E-state index contributed by atoms with van der Waals surface area (Å²) >= 11 is 0. The van der Waals surface area contributed by atoms with Crippen molar-refractivity contribution in [2.75, 3.05) is 0 Å². The molecule has 0 fully saturated rings. The Morgan fingerprint density at radius 2 is 1.82 bits per heavy atom. The summed E-state index contributed by atoms with van der Waals surface area (Å²) in [6.45, 7) is 5.78. The van der Waals surface area contributed by atoms with E-state index in [1.165, 1.54) is 0 Å². The van der Waals surface area contributed by atoms with Gasteiger partial charge >= 0.3 is 0 Å². The number of nitrogens with zero attached hydrogens (tertiary/aromatic N) is 2. The van der Waals surface area contributed by atoms with Gasteiger partial charge in [-0.2, -0.15) is 0 Å². The fraction of sp³-hybridized carbons (Fsp3) is 0.0400. The second kappa shape index (κ2) is 6.17. The highest BCUT2D eigenvalue weighted by molar-refractivity contribution is 6.18. The lowest BCUT2D eigenvalue weighted by Crippen LogP contribution is -2.13. The van der Waals surface area contributed by atoms with E-state index in [1.54, 1.807) is 6.08 Å². The summed E-state index contributed by atoms with van der Waals surface area (Å²) in [6.07, 6.45) is 9.54. The molecule has 0 bridgehead atoms. The van der Waals surface area contributed by atoms with Crippen molar-refractivity contribution in [3.8, 4) is 0 Å². The van der Waals surface area contributed by atoms with Gasteiger partial charge in [-0.25, -0.2) is 0 Å². The second-order valence-corrected chi connectivity index (χ2v) is 6.94. The summed E-state index contributed by atoms with van der Waals surface area (Å²) in [5, 5.41) is 3.72. The van der Waals surface area contributed by atoms with Crippen molar-refractivity contribution in [3.05, 3.63) is 102 Å². The molecular formula is C25H18N2O. The molecule has 3 heteroatoms. The van der Waals surface area contributed by atoms with E-state index >= 15 is 0 Å². The van der Waals surface area contributed by atoms with Gasteiger partial charge in [-0.05, 0) is 42.3 Å². The zero-order valence-electron chi connectivity index (χ0n) is 15.5. The van der Waals surface area contributed by atoms with Crippen molar-refractivity contribution in [3.63, 3.8) is 0 Å². The Bertz CT molecular complexity index is 1500. The van der Waals surface area contributed by atoms with Gasteiger partial charge in [0.2, 0.25) is 0 Å². The highest BCUT2D eigenvalue weighted by Gasteiger charge is 2.17. The van der Waals surface area contributed by atoms with Crippen LogP contribution in [0.25, 0.3) is 43.7 Å². The number of hydrogen-bond acceptors (Lipinski definition) is 2. The van der Waals surface area contributed by atoms with E-state index in [-0.39, 0.29) is 5.56 Å². The maximum absolute atomic E-state index is 13.3. The number of fused-ring (bicyclic) bond motifs is 5. The van der Waals surface area contributed by atoms with E-state index in [9.17, 15) is 4.79 Å². The molecule has 0 unspecified atom stereocenters. The first-order valence-corrected chi connectivity index (χ1v) is 9.24. The predicted octanol–water partition coefficient (Wildman–Crippen LogP) is 5.74. The topological polar surface area (TPSA) is 34.4 Å². The van der Waals surface area contributed by atoms with E-state index < -0.39 is 0 Å². The smallest absolute Gasteiger partial charge is 0.263 e. The molecule has 2 aromatic carbocycles. The molecule has 3 aromatic heterocycles. The van der Waals surface area contributed by atoms with E-state index in [4.69, 9.17) is 0 Å². The van der Waals surface area contributed by atoms with Gasteiger partial charge in [0, 0.05) is 27.7 Å². The van der Waals surface area contributed by atoms with E-state index in [0.29, 0.717) is 5.39 Å². The average Bonchev–Trinajstić information content (AvgIpc) is 3.07. The molecule has 0 aliphatic rings. The zero-order chi connectivity index (χ0) is 19.3. The largest absolute Gasteiger partial charge is 0.273 e. The molecule has 5 aromatic rings. The highest BCUT2D eigenvalue weighted by atomic mass is 16.1. The van der Waals surface area contributed by atoms with Crippen LogP contribution >= 0.6 is 0 Å². The van der Waals surface area contributed by atoms with Gasteiger partial charge in [0.25, 0.3) is 5.56 Å². The van der Waals surface area contributed by atoms with Crippen molar-refractivity contribution in [1.29, 1.82) is 0 Å². The first-order chi connectivity index (χ1) is 13.7. The maximum Gasteiger partial charge on any atom is 0.263 e. The molecule has 0 aliphatic carbocycles. The summed E-state index contributed by atoms with van der Waals surface area (Å²) in [4.78, 5) is 17.9. The summed E-state index contributed by atoms with van der Waals surface area (Å²) < 4.78 is 1.82. The molecule has 134 valence electrons. The minimum absolute atomic E-state index is 0.00466. The van der Waals surface area contributed by atoms with Crippen LogP contribution in [0.4, 0.5) is 0 Å². The van der Waals surface area contributed by atoms with Gasteiger partial charge in [-0.1, -0.05) is 55.1 Å². The number of rotatable bonds is 3. The normalized spacial score (nSPS) is 12.8. The fourth-order valence-corrected chi connectivity index (χ4v) is 3.99. The van der Waals surface area contributed by atoms with Crippen LogP contribution in [0.2, 0.25) is 0 Å². The monoisotopic (exact) mass is 362 g/mol. The van der Waals surface area contributed by atoms with Crippen molar-refractivity contribution in [2.45, 2.75) is 6.92 Å². The van der Waals surface area contributed by atoms with E-state index in [0.717, 1.165) is 43.8 Å². The first kappa shape index (κ1) is 16.5. The molecule has 0 atom stereocenters. The third-order valence-corrected chi connectivity index (χ3v) is 5.34. The molecule has 28 heavy (non-hydrogen) atoms. The van der Waals surface area contributed by atoms with Crippen molar-refractivity contribution < 1.29 is 0 Å². The van der Waals surface area contributed by atoms with Gasteiger partial charge in [-0.3, -0.25) is 14.2 Å².